The van der Waals surface area contributed by atoms with Crippen LogP contribution in [0.2, 0.25) is 0 Å². The standard InChI is InChI=1S/C13H21N3O/c1-8-5-6-11(10(3)9(8)2)12(14)7-13(17)16(4)15/h5-6,12H,7,14-15H2,1-4H3. The van der Waals surface area contributed by atoms with Crippen LogP contribution in [0.4, 0.5) is 0 Å². The molecule has 4 nitrogen and oxygen atoms in total. The average molecular weight is 235 g/mol. The summed E-state index contributed by atoms with van der Waals surface area (Å²) in [6, 6.07) is 3.73. The van der Waals surface area contributed by atoms with Gasteiger partial charge in [-0.05, 0) is 43.0 Å². The molecule has 0 saturated heterocycles. The zero-order chi connectivity index (χ0) is 13.2. The van der Waals surface area contributed by atoms with Crippen LogP contribution in [0.3, 0.4) is 0 Å². The van der Waals surface area contributed by atoms with E-state index in [1.54, 1.807) is 0 Å². The van der Waals surface area contributed by atoms with Crippen LogP contribution >= 0.6 is 0 Å². The minimum atomic E-state index is -0.298. The summed E-state index contributed by atoms with van der Waals surface area (Å²) < 4.78 is 0. The highest BCUT2D eigenvalue weighted by atomic mass is 16.2. The number of hydrogen-bond donors (Lipinski definition) is 2. The van der Waals surface area contributed by atoms with Gasteiger partial charge in [-0.1, -0.05) is 12.1 Å². The molecule has 4 heteroatoms. The van der Waals surface area contributed by atoms with Gasteiger partial charge in [-0.25, -0.2) is 5.84 Å². The summed E-state index contributed by atoms with van der Waals surface area (Å²) in [4.78, 5) is 11.5. The second-order valence-corrected chi connectivity index (χ2v) is 4.54. The first kappa shape index (κ1) is 13.7. The molecule has 0 heterocycles. The molecule has 1 unspecified atom stereocenters. The van der Waals surface area contributed by atoms with Gasteiger partial charge in [0, 0.05) is 19.5 Å². The molecule has 0 aliphatic carbocycles. The van der Waals surface area contributed by atoms with Crippen molar-refractivity contribution < 1.29 is 4.79 Å². The summed E-state index contributed by atoms with van der Waals surface area (Å²) in [5.41, 5.74) is 10.7. The van der Waals surface area contributed by atoms with Crippen LogP contribution < -0.4 is 11.6 Å². The van der Waals surface area contributed by atoms with Crippen molar-refractivity contribution in [2.24, 2.45) is 11.6 Å². The van der Waals surface area contributed by atoms with E-state index in [0.717, 1.165) is 16.1 Å². The van der Waals surface area contributed by atoms with Gasteiger partial charge in [-0.2, -0.15) is 0 Å². The number of nitrogens with zero attached hydrogens (tertiary/aromatic N) is 1. The number of hydrogen-bond acceptors (Lipinski definition) is 3. The van der Waals surface area contributed by atoms with Crippen LogP contribution in [-0.2, 0) is 4.79 Å². The van der Waals surface area contributed by atoms with Gasteiger partial charge in [-0.15, -0.1) is 0 Å². The summed E-state index contributed by atoms with van der Waals surface area (Å²) in [6.07, 6.45) is 0.232. The third kappa shape index (κ3) is 3.05. The predicted molar refractivity (Wildman–Crippen MR) is 69.2 cm³/mol. The maximum Gasteiger partial charge on any atom is 0.238 e. The number of benzene rings is 1. The van der Waals surface area contributed by atoms with E-state index in [1.807, 2.05) is 19.1 Å². The van der Waals surface area contributed by atoms with Crippen molar-refractivity contribution in [2.45, 2.75) is 33.2 Å². The molecular weight excluding hydrogens is 214 g/mol. The first-order valence-corrected chi connectivity index (χ1v) is 5.68. The molecule has 0 spiro atoms. The number of nitrogens with two attached hydrogens (primary N) is 2. The number of hydrazine groups is 1. The Morgan fingerprint density at radius 3 is 2.41 bits per heavy atom. The monoisotopic (exact) mass is 235 g/mol. The number of carbonyl (C=O) groups is 1. The Morgan fingerprint density at radius 2 is 1.88 bits per heavy atom. The smallest absolute Gasteiger partial charge is 0.238 e. The summed E-state index contributed by atoms with van der Waals surface area (Å²) in [5.74, 6) is 5.23. The van der Waals surface area contributed by atoms with Crippen molar-refractivity contribution in [3.63, 3.8) is 0 Å². The molecule has 1 atom stereocenters. The molecule has 1 amide bonds. The van der Waals surface area contributed by atoms with E-state index in [0.29, 0.717) is 0 Å². The molecule has 0 aromatic heterocycles. The lowest BCUT2D eigenvalue weighted by atomic mass is 9.93. The fourth-order valence-corrected chi connectivity index (χ4v) is 1.82. The molecule has 1 aromatic carbocycles. The van der Waals surface area contributed by atoms with Crippen molar-refractivity contribution in [3.05, 3.63) is 34.4 Å². The quantitative estimate of drug-likeness (QED) is 0.471. The lowest BCUT2D eigenvalue weighted by Gasteiger charge is -2.19. The van der Waals surface area contributed by atoms with Crippen molar-refractivity contribution >= 4 is 5.91 Å². The zero-order valence-electron chi connectivity index (χ0n) is 10.9. The predicted octanol–water partition coefficient (Wildman–Crippen LogP) is 1.33. The van der Waals surface area contributed by atoms with Gasteiger partial charge < -0.3 is 5.73 Å². The normalized spacial score (nSPS) is 12.4. The van der Waals surface area contributed by atoms with E-state index in [1.165, 1.54) is 18.2 Å². The molecular formula is C13H21N3O. The minimum Gasteiger partial charge on any atom is -0.324 e. The molecule has 0 aliphatic rings. The third-order valence-electron chi connectivity index (χ3n) is 3.29. The van der Waals surface area contributed by atoms with Crippen LogP contribution in [0.15, 0.2) is 12.1 Å². The van der Waals surface area contributed by atoms with Crippen LogP contribution in [0.1, 0.15) is 34.7 Å². The summed E-state index contributed by atoms with van der Waals surface area (Å²) in [6.45, 7) is 6.17. The minimum absolute atomic E-state index is 0.157. The highest BCUT2D eigenvalue weighted by Crippen LogP contribution is 2.23. The lowest BCUT2D eigenvalue weighted by Crippen LogP contribution is -2.35. The van der Waals surface area contributed by atoms with Crippen molar-refractivity contribution in [2.75, 3.05) is 7.05 Å². The Kier molecular flexibility index (Phi) is 4.26. The fourth-order valence-electron chi connectivity index (χ4n) is 1.82. The van der Waals surface area contributed by atoms with E-state index < -0.39 is 0 Å². The maximum atomic E-state index is 11.5. The van der Waals surface area contributed by atoms with E-state index in [2.05, 4.69) is 13.8 Å². The highest BCUT2D eigenvalue weighted by Gasteiger charge is 2.16. The Morgan fingerprint density at radius 1 is 1.29 bits per heavy atom. The zero-order valence-corrected chi connectivity index (χ0v) is 10.9. The van der Waals surface area contributed by atoms with Crippen LogP contribution in [0.5, 0.6) is 0 Å². The number of rotatable bonds is 3. The van der Waals surface area contributed by atoms with Gasteiger partial charge in [0.25, 0.3) is 0 Å². The van der Waals surface area contributed by atoms with Crippen molar-refractivity contribution in [1.82, 2.24) is 5.01 Å². The van der Waals surface area contributed by atoms with E-state index in [-0.39, 0.29) is 18.4 Å². The van der Waals surface area contributed by atoms with Crippen molar-refractivity contribution in [1.29, 1.82) is 0 Å². The van der Waals surface area contributed by atoms with Gasteiger partial charge >= 0.3 is 0 Å². The summed E-state index contributed by atoms with van der Waals surface area (Å²) >= 11 is 0. The Bertz CT molecular complexity index is 427. The second kappa shape index (κ2) is 5.29. The summed E-state index contributed by atoms with van der Waals surface area (Å²) in [7, 11) is 1.53. The third-order valence-corrected chi connectivity index (χ3v) is 3.29. The Balaban J connectivity index is 2.94. The average Bonchev–Trinajstić information content (AvgIpc) is 2.25. The maximum absolute atomic E-state index is 11.5. The van der Waals surface area contributed by atoms with Crippen LogP contribution in [0, 0.1) is 20.8 Å². The first-order valence-electron chi connectivity index (χ1n) is 5.68. The van der Waals surface area contributed by atoms with E-state index in [9.17, 15) is 4.79 Å². The molecule has 0 radical (unpaired) electrons. The number of carbonyl (C=O) groups excluding carboxylic acids is 1. The van der Waals surface area contributed by atoms with Gasteiger partial charge in [0.15, 0.2) is 0 Å². The number of amides is 1. The molecule has 1 aromatic rings. The number of aryl methyl sites for hydroxylation is 1. The Hall–Kier alpha value is -1.39. The molecule has 4 N–H and O–H groups in total. The molecule has 17 heavy (non-hydrogen) atoms. The molecule has 0 aliphatic heterocycles. The first-order chi connectivity index (χ1) is 7.84. The van der Waals surface area contributed by atoms with E-state index in [4.69, 9.17) is 11.6 Å². The lowest BCUT2D eigenvalue weighted by molar-refractivity contribution is -0.130. The fraction of sp³-hybridized carbons (Fsp3) is 0.462. The van der Waals surface area contributed by atoms with Gasteiger partial charge in [-0.3, -0.25) is 9.80 Å². The second-order valence-electron chi connectivity index (χ2n) is 4.54. The topological polar surface area (TPSA) is 72.4 Å². The molecule has 0 saturated carbocycles. The SMILES string of the molecule is Cc1ccc(C(N)CC(=O)N(C)N)c(C)c1C. The van der Waals surface area contributed by atoms with E-state index >= 15 is 0 Å². The largest absolute Gasteiger partial charge is 0.324 e. The molecule has 0 fully saturated rings. The van der Waals surface area contributed by atoms with Crippen LogP contribution in [0.25, 0.3) is 0 Å². The summed E-state index contributed by atoms with van der Waals surface area (Å²) in [5, 5.41) is 1.08. The van der Waals surface area contributed by atoms with Gasteiger partial charge in [0.05, 0.1) is 0 Å². The molecule has 1 rings (SSSR count). The Labute approximate surface area is 103 Å². The van der Waals surface area contributed by atoms with Crippen LogP contribution in [-0.4, -0.2) is 18.0 Å². The van der Waals surface area contributed by atoms with Crippen molar-refractivity contribution in [3.8, 4) is 0 Å². The highest BCUT2D eigenvalue weighted by molar-refractivity contribution is 5.76. The van der Waals surface area contributed by atoms with Gasteiger partial charge in [0.1, 0.15) is 0 Å². The van der Waals surface area contributed by atoms with Gasteiger partial charge in [0.2, 0.25) is 5.91 Å². The molecule has 0 bridgehead atoms. The molecule has 94 valence electrons.